The van der Waals surface area contributed by atoms with E-state index in [4.69, 9.17) is 9.53 Å². The molecule has 2 N–H and O–H groups in total. The molecule has 0 saturated carbocycles. The van der Waals surface area contributed by atoms with Crippen LogP contribution in [0.4, 0.5) is 4.79 Å². The van der Waals surface area contributed by atoms with Crippen LogP contribution in [0.5, 0.6) is 0 Å². The van der Waals surface area contributed by atoms with Crippen molar-refractivity contribution in [2.24, 2.45) is 0 Å². The summed E-state index contributed by atoms with van der Waals surface area (Å²) < 4.78 is 6.21. The first-order valence-electron chi connectivity index (χ1n) is 6.86. The Labute approximate surface area is 120 Å². The molecule has 116 valence electrons. The topological polar surface area (TPSA) is 87.1 Å². The van der Waals surface area contributed by atoms with Crippen LogP contribution in [0.15, 0.2) is 0 Å². The molecule has 0 radical (unpaired) electrons. The Morgan fingerprint density at radius 1 is 1.25 bits per heavy atom. The van der Waals surface area contributed by atoms with Gasteiger partial charge in [-0.1, -0.05) is 20.8 Å². The summed E-state index contributed by atoms with van der Waals surface area (Å²) in [5.74, 6) is -1.10. The lowest BCUT2D eigenvalue weighted by Crippen LogP contribution is -2.54. The summed E-state index contributed by atoms with van der Waals surface area (Å²) in [6, 6.07) is -1.00. The van der Waals surface area contributed by atoms with Crippen molar-refractivity contribution in [1.29, 1.82) is 0 Å². The van der Waals surface area contributed by atoms with E-state index in [9.17, 15) is 14.7 Å². The van der Waals surface area contributed by atoms with E-state index in [1.165, 1.54) is 0 Å². The van der Waals surface area contributed by atoms with Gasteiger partial charge in [-0.05, 0) is 24.6 Å². The van der Waals surface area contributed by atoms with Crippen molar-refractivity contribution >= 4 is 20.4 Å². The zero-order valence-corrected chi connectivity index (χ0v) is 13.8. The van der Waals surface area contributed by atoms with Gasteiger partial charge in [-0.25, -0.2) is 9.59 Å². The third-order valence-electron chi connectivity index (χ3n) is 4.35. The predicted molar refractivity (Wildman–Crippen MR) is 77.5 cm³/mol. The Morgan fingerprint density at radius 2 is 1.80 bits per heavy atom. The lowest BCUT2D eigenvalue weighted by molar-refractivity contribution is -0.145. The molecule has 0 spiro atoms. The van der Waals surface area contributed by atoms with Crippen LogP contribution in [-0.4, -0.2) is 54.2 Å². The van der Waals surface area contributed by atoms with Crippen LogP contribution in [0.25, 0.3) is 0 Å². The highest BCUT2D eigenvalue weighted by Gasteiger charge is 2.43. The fourth-order valence-electron chi connectivity index (χ4n) is 2.10. The quantitative estimate of drug-likeness (QED) is 0.783. The van der Waals surface area contributed by atoms with Crippen molar-refractivity contribution in [2.45, 2.75) is 63.9 Å². The van der Waals surface area contributed by atoms with Gasteiger partial charge in [0.25, 0.3) is 0 Å². The van der Waals surface area contributed by atoms with Crippen molar-refractivity contribution in [1.82, 2.24) is 4.90 Å². The zero-order chi connectivity index (χ0) is 15.7. The van der Waals surface area contributed by atoms with E-state index >= 15 is 0 Å². The first kappa shape index (κ1) is 17.0. The molecular weight excluding hydrogens is 278 g/mol. The molecule has 0 bridgehead atoms. The molecule has 0 unspecified atom stereocenters. The van der Waals surface area contributed by atoms with Gasteiger partial charge in [0.2, 0.25) is 0 Å². The summed E-state index contributed by atoms with van der Waals surface area (Å²) >= 11 is 0. The van der Waals surface area contributed by atoms with Gasteiger partial charge in [0.05, 0.1) is 0 Å². The Balaban J connectivity index is 2.78. The molecule has 0 aromatic rings. The standard InChI is InChI=1S/C13H25NO5Si/c1-13(2,3)20(4,5)19-9-6-7-14(12(17)18)10(8-9)11(15)16/h9-10H,6-8H2,1-5H3,(H,15,16)(H,17,18)/t9-,10+/m1/s1. The SMILES string of the molecule is CC(C)(C)[Si](C)(C)O[C@@H]1CCN(C(=O)O)[C@H](C(=O)O)C1. The molecule has 20 heavy (non-hydrogen) atoms. The minimum atomic E-state index is -1.96. The Hall–Kier alpha value is -1.08. The van der Waals surface area contributed by atoms with Crippen molar-refractivity contribution in [3.05, 3.63) is 0 Å². The number of likely N-dealkylation sites (tertiary alicyclic amines) is 1. The first-order chi connectivity index (χ1) is 8.95. The van der Waals surface area contributed by atoms with E-state index in [1.54, 1.807) is 0 Å². The van der Waals surface area contributed by atoms with Crippen LogP contribution in [0.1, 0.15) is 33.6 Å². The minimum absolute atomic E-state index is 0.0512. The van der Waals surface area contributed by atoms with E-state index in [-0.39, 0.29) is 24.1 Å². The number of hydrogen-bond donors (Lipinski definition) is 2. The second-order valence-corrected chi connectivity index (χ2v) is 11.6. The number of carboxylic acid groups (broad SMARTS) is 2. The van der Waals surface area contributed by atoms with Crippen LogP contribution in [0.2, 0.25) is 18.1 Å². The fraction of sp³-hybridized carbons (Fsp3) is 0.846. The molecule has 1 rings (SSSR count). The smallest absolute Gasteiger partial charge is 0.408 e. The second-order valence-electron chi connectivity index (χ2n) is 6.85. The van der Waals surface area contributed by atoms with Gasteiger partial charge < -0.3 is 14.6 Å². The predicted octanol–water partition coefficient (Wildman–Crippen LogP) is 2.60. The molecule has 1 heterocycles. The van der Waals surface area contributed by atoms with E-state index in [0.29, 0.717) is 6.42 Å². The molecule has 0 aliphatic carbocycles. The number of hydrogen-bond acceptors (Lipinski definition) is 3. The van der Waals surface area contributed by atoms with Crippen LogP contribution >= 0.6 is 0 Å². The molecule has 1 fully saturated rings. The number of amides is 1. The first-order valence-corrected chi connectivity index (χ1v) is 9.76. The third kappa shape index (κ3) is 3.73. The summed E-state index contributed by atoms with van der Waals surface area (Å²) in [6.07, 6.45) is -0.563. The second kappa shape index (κ2) is 5.73. The maximum atomic E-state index is 11.2. The van der Waals surface area contributed by atoms with E-state index in [1.807, 2.05) is 0 Å². The maximum absolute atomic E-state index is 11.2. The molecule has 1 saturated heterocycles. The Kier molecular flexibility index (Phi) is 4.86. The van der Waals surface area contributed by atoms with Gasteiger partial charge in [0.15, 0.2) is 8.32 Å². The molecule has 0 aromatic heterocycles. The van der Waals surface area contributed by atoms with Crippen LogP contribution in [0.3, 0.4) is 0 Å². The van der Waals surface area contributed by atoms with Crippen molar-refractivity contribution in [3.8, 4) is 0 Å². The van der Waals surface area contributed by atoms with Gasteiger partial charge >= 0.3 is 12.1 Å². The average Bonchev–Trinajstić information content (AvgIpc) is 2.26. The van der Waals surface area contributed by atoms with Gasteiger partial charge in [0, 0.05) is 19.1 Å². The minimum Gasteiger partial charge on any atom is -0.480 e. The van der Waals surface area contributed by atoms with Crippen LogP contribution in [0, 0.1) is 0 Å². The number of piperidine rings is 1. The summed E-state index contributed by atoms with van der Waals surface area (Å²) in [6.45, 7) is 10.8. The summed E-state index contributed by atoms with van der Waals surface area (Å²) in [5.41, 5.74) is 0. The van der Waals surface area contributed by atoms with Crippen molar-refractivity contribution < 1.29 is 24.2 Å². The highest BCUT2D eigenvalue weighted by atomic mass is 28.4. The molecule has 7 heteroatoms. The number of carbonyl (C=O) groups is 2. The lowest BCUT2D eigenvalue weighted by atomic mass is 10.0. The summed E-state index contributed by atoms with van der Waals surface area (Å²) in [5, 5.41) is 18.3. The molecule has 6 nitrogen and oxygen atoms in total. The normalized spacial score (nSPS) is 24.6. The molecule has 1 aliphatic heterocycles. The lowest BCUT2D eigenvalue weighted by Gasteiger charge is -2.43. The van der Waals surface area contributed by atoms with Gasteiger partial charge in [-0.3, -0.25) is 4.90 Å². The maximum Gasteiger partial charge on any atom is 0.408 e. The summed E-state index contributed by atoms with van der Waals surface area (Å²) in [7, 11) is -1.96. The van der Waals surface area contributed by atoms with Gasteiger partial charge in [-0.15, -0.1) is 0 Å². The number of carboxylic acids is 1. The monoisotopic (exact) mass is 303 g/mol. The van der Waals surface area contributed by atoms with Crippen molar-refractivity contribution in [2.75, 3.05) is 6.54 Å². The average molecular weight is 303 g/mol. The van der Waals surface area contributed by atoms with E-state index in [0.717, 1.165) is 4.90 Å². The Morgan fingerprint density at radius 3 is 2.20 bits per heavy atom. The fourth-order valence-corrected chi connectivity index (χ4v) is 3.50. The largest absolute Gasteiger partial charge is 0.480 e. The van der Waals surface area contributed by atoms with Gasteiger partial charge in [-0.2, -0.15) is 0 Å². The Bertz CT molecular complexity index is 391. The van der Waals surface area contributed by atoms with Crippen LogP contribution in [-0.2, 0) is 9.22 Å². The van der Waals surface area contributed by atoms with E-state index in [2.05, 4.69) is 33.9 Å². The number of aliphatic carboxylic acids is 1. The van der Waals surface area contributed by atoms with E-state index < -0.39 is 26.4 Å². The molecule has 1 amide bonds. The molecule has 1 aliphatic rings. The third-order valence-corrected chi connectivity index (χ3v) is 8.89. The van der Waals surface area contributed by atoms with Gasteiger partial charge in [0.1, 0.15) is 6.04 Å². The number of rotatable bonds is 3. The molecule has 0 aromatic carbocycles. The number of nitrogens with zero attached hydrogens (tertiary/aromatic N) is 1. The van der Waals surface area contributed by atoms with Crippen molar-refractivity contribution in [3.63, 3.8) is 0 Å². The highest BCUT2D eigenvalue weighted by Crippen LogP contribution is 2.38. The highest BCUT2D eigenvalue weighted by molar-refractivity contribution is 6.74. The zero-order valence-electron chi connectivity index (χ0n) is 12.8. The summed E-state index contributed by atoms with van der Waals surface area (Å²) in [4.78, 5) is 23.3. The molecular formula is C13H25NO5Si. The molecule has 2 atom stereocenters. The van der Waals surface area contributed by atoms with Crippen LogP contribution < -0.4 is 0 Å².